The summed E-state index contributed by atoms with van der Waals surface area (Å²) in [6.45, 7) is 2.78. The van der Waals surface area contributed by atoms with Gasteiger partial charge in [-0.15, -0.1) is 12.4 Å². The summed E-state index contributed by atoms with van der Waals surface area (Å²) in [6.07, 6.45) is 5.82. The molecule has 4 rings (SSSR count). The molecule has 1 aliphatic rings. The number of carbonyl (C=O) groups is 2. The van der Waals surface area contributed by atoms with E-state index in [-0.39, 0.29) is 39.9 Å². The zero-order valence-electron chi connectivity index (χ0n) is 21.7. The first-order valence-electron chi connectivity index (χ1n) is 12.4. The number of fused-ring (bicyclic) bond motifs is 1. The first kappa shape index (κ1) is 30.0. The van der Waals surface area contributed by atoms with Crippen LogP contribution in [-0.4, -0.2) is 59.4 Å². The van der Waals surface area contributed by atoms with Crippen molar-refractivity contribution >= 4 is 63.9 Å². The maximum atomic E-state index is 13.6. The summed E-state index contributed by atoms with van der Waals surface area (Å²) >= 11 is 12.4. The number of Topliss-reactive ketones (excluding diaryl/α,β-unsaturated/α-hetero) is 1. The summed E-state index contributed by atoms with van der Waals surface area (Å²) in [4.78, 5) is 32.8. The topological polar surface area (TPSA) is 94.6 Å². The molecule has 1 aromatic heterocycles. The molecule has 0 aliphatic heterocycles. The molecular formula is C28H33Cl3N4O3. The number of aromatic hydroxyl groups is 1. The Balaban J connectivity index is 0.00000400. The average Bonchev–Trinajstić information content (AvgIpc) is 2.87. The van der Waals surface area contributed by atoms with E-state index in [0.717, 1.165) is 36.8 Å². The predicted molar refractivity (Wildman–Crippen MR) is 157 cm³/mol. The minimum Gasteiger partial charge on any atom is -0.505 e. The zero-order chi connectivity index (χ0) is 26.7. The number of benzene rings is 2. The number of carbonyl (C=O) groups excluding carboxylic acids is 2. The van der Waals surface area contributed by atoms with Gasteiger partial charge in [-0.05, 0) is 69.3 Å². The molecule has 204 valence electrons. The molecule has 1 fully saturated rings. The van der Waals surface area contributed by atoms with E-state index in [1.165, 1.54) is 6.92 Å². The van der Waals surface area contributed by atoms with E-state index in [9.17, 15) is 14.7 Å². The third-order valence-corrected chi connectivity index (χ3v) is 7.52. The summed E-state index contributed by atoms with van der Waals surface area (Å²) in [5.41, 5.74) is 2.38. The Morgan fingerprint density at radius 2 is 1.71 bits per heavy atom. The predicted octanol–water partition coefficient (Wildman–Crippen LogP) is 6.33. The van der Waals surface area contributed by atoms with Crippen molar-refractivity contribution in [3.8, 4) is 16.9 Å². The number of anilines is 1. The van der Waals surface area contributed by atoms with Crippen molar-refractivity contribution in [3.05, 3.63) is 52.1 Å². The SMILES string of the molecule is CC(=O)c1cnc2ccc(-c3cc(Cl)c(O)c(Cl)c3)cc2c1NC1(C(=O)NCCN(C)C)CCCCC1.Cl. The van der Waals surface area contributed by atoms with Crippen LogP contribution >= 0.6 is 35.6 Å². The normalized spacial score (nSPS) is 14.7. The number of hydrogen-bond acceptors (Lipinski definition) is 6. The van der Waals surface area contributed by atoms with Gasteiger partial charge in [-0.3, -0.25) is 14.6 Å². The molecule has 0 unspecified atom stereocenters. The van der Waals surface area contributed by atoms with Crippen LogP contribution in [0.3, 0.4) is 0 Å². The summed E-state index contributed by atoms with van der Waals surface area (Å²) < 4.78 is 0. The fourth-order valence-electron chi connectivity index (χ4n) is 4.87. The number of nitrogens with one attached hydrogen (secondary N) is 2. The van der Waals surface area contributed by atoms with Gasteiger partial charge in [0.1, 0.15) is 5.54 Å². The first-order valence-corrected chi connectivity index (χ1v) is 13.2. The van der Waals surface area contributed by atoms with Crippen molar-refractivity contribution in [1.82, 2.24) is 15.2 Å². The maximum Gasteiger partial charge on any atom is 0.245 e. The van der Waals surface area contributed by atoms with Gasteiger partial charge in [-0.1, -0.05) is 48.5 Å². The molecule has 0 bridgehead atoms. The van der Waals surface area contributed by atoms with Gasteiger partial charge >= 0.3 is 0 Å². The second-order valence-corrected chi connectivity index (χ2v) is 10.8. The van der Waals surface area contributed by atoms with Gasteiger partial charge in [0.25, 0.3) is 0 Å². The van der Waals surface area contributed by atoms with Crippen molar-refractivity contribution in [2.75, 3.05) is 32.5 Å². The zero-order valence-corrected chi connectivity index (χ0v) is 24.1. The van der Waals surface area contributed by atoms with Crippen LogP contribution in [0, 0.1) is 0 Å². The Kier molecular flexibility index (Phi) is 9.87. The standard InChI is InChI=1S/C28H32Cl2N4O3.ClH/c1-17(35)21-16-32-24-8-7-18(19-14-22(29)26(36)23(30)15-19)13-20(24)25(21)33-28(9-5-4-6-10-28)27(37)31-11-12-34(2)3;/h7-8,13-16,36H,4-6,9-12H2,1-3H3,(H,31,37)(H,32,33);1H. The molecule has 1 aliphatic carbocycles. The van der Waals surface area contributed by atoms with Crippen LogP contribution < -0.4 is 10.6 Å². The summed E-state index contributed by atoms with van der Waals surface area (Å²) in [5.74, 6) is -0.367. The number of nitrogens with zero attached hydrogens (tertiary/aromatic N) is 2. The molecule has 38 heavy (non-hydrogen) atoms. The highest BCUT2D eigenvalue weighted by Crippen LogP contribution is 2.40. The van der Waals surface area contributed by atoms with Gasteiger partial charge in [0.2, 0.25) is 5.91 Å². The molecule has 0 spiro atoms. The monoisotopic (exact) mass is 578 g/mol. The molecule has 0 atom stereocenters. The van der Waals surface area contributed by atoms with Crippen molar-refractivity contribution < 1.29 is 14.7 Å². The lowest BCUT2D eigenvalue weighted by Crippen LogP contribution is -2.54. The number of phenolic OH excluding ortho intramolecular Hbond substituents is 1. The van der Waals surface area contributed by atoms with E-state index < -0.39 is 5.54 Å². The summed E-state index contributed by atoms with van der Waals surface area (Å²) in [6, 6.07) is 8.94. The van der Waals surface area contributed by atoms with Gasteiger partial charge in [0.15, 0.2) is 11.5 Å². The highest BCUT2D eigenvalue weighted by Gasteiger charge is 2.40. The lowest BCUT2D eigenvalue weighted by atomic mass is 9.80. The smallest absolute Gasteiger partial charge is 0.245 e. The van der Waals surface area contributed by atoms with Crippen LogP contribution in [-0.2, 0) is 4.79 Å². The third kappa shape index (κ3) is 6.34. The minimum atomic E-state index is -0.829. The highest BCUT2D eigenvalue weighted by atomic mass is 35.5. The second-order valence-electron chi connectivity index (χ2n) is 9.95. The lowest BCUT2D eigenvalue weighted by molar-refractivity contribution is -0.126. The van der Waals surface area contributed by atoms with E-state index in [0.29, 0.717) is 41.7 Å². The number of phenols is 1. The number of likely N-dealkylation sites (N-methyl/N-ethyl adjacent to an activating group) is 1. The molecule has 10 heteroatoms. The Morgan fingerprint density at radius 3 is 2.32 bits per heavy atom. The molecule has 7 nitrogen and oxygen atoms in total. The molecule has 1 amide bonds. The third-order valence-electron chi connectivity index (χ3n) is 6.95. The van der Waals surface area contributed by atoms with Crippen LogP contribution in [0.15, 0.2) is 36.5 Å². The summed E-state index contributed by atoms with van der Waals surface area (Å²) in [7, 11) is 3.93. The molecule has 3 N–H and O–H groups in total. The van der Waals surface area contributed by atoms with E-state index in [2.05, 4.69) is 15.6 Å². The Hall–Kier alpha value is -2.58. The fraction of sp³-hybridized carbons (Fsp3) is 0.393. The van der Waals surface area contributed by atoms with E-state index in [1.54, 1.807) is 18.3 Å². The molecule has 3 aromatic rings. The van der Waals surface area contributed by atoms with Gasteiger partial charge in [0, 0.05) is 24.7 Å². The van der Waals surface area contributed by atoms with E-state index in [1.807, 2.05) is 37.2 Å². The second kappa shape index (κ2) is 12.5. The molecule has 0 saturated heterocycles. The molecule has 0 radical (unpaired) electrons. The van der Waals surface area contributed by atoms with Crippen LogP contribution in [0.2, 0.25) is 10.0 Å². The van der Waals surface area contributed by atoms with Gasteiger partial charge in [0.05, 0.1) is 26.8 Å². The Bertz CT molecular complexity index is 1320. The van der Waals surface area contributed by atoms with Crippen molar-refractivity contribution in [1.29, 1.82) is 0 Å². The maximum absolute atomic E-state index is 13.6. The number of halogens is 3. The van der Waals surface area contributed by atoms with Crippen molar-refractivity contribution in [2.24, 2.45) is 0 Å². The number of ketones is 1. The number of amides is 1. The first-order chi connectivity index (χ1) is 17.6. The number of aromatic nitrogens is 1. The molecule has 2 aromatic carbocycles. The van der Waals surface area contributed by atoms with Crippen molar-refractivity contribution in [3.63, 3.8) is 0 Å². The minimum absolute atomic E-state index is 0. The number of pyridine rings is 1. The molecule has 1 heterocycles. The Morgan fingerprint density at radius 1 is 1.05 bits per heavy atom. The highest BCUT2D eigenvalue weighted by molar-refractivity contribution is 6.37. The van der Waals surface area contributed by atoms with Crippen LogP contribution in [0.25, 0.3) is 22.0 Å². The quantitative estimate of drug-likeness (QED) is 0.270. The number of hydrogen-bond donors (Lipinski definition) is 3. The largest absolute Gasteiger partial charge is 0.505 e. The van der Waals surface area contributed by atoms with E-state index >= 15 is 0 Å². The average molecular weight is 580 g/mol. The molecular weight excluding hydrogens is 547 g/mol. The fourth-order valence-corrected chi connectivity index (χ4v) is 5.36. The van der Waals surface area contributed by atoms with Gasteiger partial charge < -0.3 is 20.6 Å². The lowest BCUT2D eigenvalue weighted by Gasteiger charge is -2.38. The van der Waals surface area contributed by atoms with E-state index in [4.69, 9.17) is 23.2 Å². The van der Waals surface area contributed by atoms with Crippen LogP contribution in [0.5, 0.6) is 5.75 Å². The summed E-state index contributed by atoms with van der Waals surface area (Å²) in [5, 5.41) is 17.7. The Labute approximate surface area is 239 Å². The number of rotatable bonds is 8. The van der Waals surface area contributed by atoms with Crippen molar-refractivity contribution in [2.45, 2.75) is 44.6 Å². The van der Waals surface area contributed by atoms with Gasteiger partial charge in [-0.2, -0.15) is 0 Å². The molecule has 1 saturated carbocycles. The van der Waals surface area contributed by atoms with Crippen LogP contribution in [0.4, 0.5) is 5.69 Å². The van der Waals surface area contributed by atoms with Crippen LogP contribution in [0.1, 0.15) is 49.4 Å². The van der Waals surface area contributed by atoms with Gasteiger partial charge in [-0.25, -0.2) is 0 Å².